The van der Waals surface area contributed by atoms with E-state index in [1.165, 1.54) is 47.0 Å². The molecule has 3 aromatic heterocycles. The predicted molar refractivity (Wildman–Crippen MR) is 124 cm³/mol. The Morgan fingerprint density at radius 3 is 2.76 bits per heavy atom. The summed E-state index contributed by atoms with van der Waals surface area (Å²) < 4.78 is 17.9. The molecule has 1 aromatic carbocycles. The standard InChI is InChI=1S/C22H22FN7O3S/c1-27-18-17(21(32)28(2)22(27)33)30(12-24-18)11-16(31)29-9-5-6-13(10-29)19-25-26-20(34-19)14-7-3-4-8-15(14)23/h3-4,7-8,12-13H,5-6,9-11H2,1-2H3. The number of hydrogen-bond acceptors (Lipinski definition) is 7. The molecule has 0 N–H and O–H groups in total. The number of likely N-dealkylation sites (tertiary alicyclic amines) is 1. The third-order valence-electron chi connectivity index (χ3n) is 6.19. The van der Waals surface area contributed by atoms with Crippen molar-refractivity contribution in [3.05, 3.63) is 62.3 Å². The molecule has 0 saturated carbocycles. The van der Waals surface area contributed by atoms with Gasteiger partial charge in [-0.3, -0.25) is 18.7 Å². The summed E-state index contributed by atoms with van der Waals surface area (Å²) in [6.45, 7) is 0.999. The Morgan fingerprint density at radius 1 is 1.18 bits per heavy atom. The van der Waals surface area contributed by atoms with Gasteiger partial charge in [0.1, 0.15) is 17.4 Å². The molecule has 176 valence electrons. The maximum absolute atomic E-state index is 14.1. The quantitative estimate of drug-likeness (QED) is 0.435. The molecule has 12 heteroatoms. The third kappa shape index (κ3) is 3.73. The van der Waals surface area contributed by atoms with E-state index in [9.17, 15) is 18.8 Å². The van der Waals surface area contributed by atoms with Crippen molar-refractivity contribution in [3.63, 3.8) is 0 Å². The molecule has 10 nitrogen and oxygen atoms in total. The molecule has 0 aliphatic carbocycles. The fourth-order valence-electron chi connectivity index (χ4n) is 4.31. The second-order valence-electron chi connectivity index (χ2n) is 8.35. The van der Waals surface area contributed by atoms with Gasteiger partial charge in [0, 0.05) is 38.7 Å². The lowest BCUT2D eigenvalue weighted by atomic mass is 9.99. The molecule has 0 bridgehead atoms. The number of amides is 1. The van der Waals surface area contributed by atoms with Gasteiger partial charge in [-0.15, -0.1) is 10.2 Å². The van der Waals surface area contributed by atoms with Crippen molar-refractivity contribution in [2.75, 3.05) is 13.1 Å². The Bertz CT molecular complexity index is 1520. The first-order valence-electron chi connectivity index (χ1n) is 10.8. The van der Waals surface area contributed by atoms with Crippen molar-refractivity contribution >= 4 is 28.4 Å². The zero-order valence-corrected chi connectivity index (χ0v) is 19.5. The molecule has 1 atom stereocenters. The van der Waals surface area contributed by atoms with Crippen LogP contribution >= 0.6 is 11.3 Å². The van der Waals surface area contributed by atoms with Crippen molar-refractivity contribution in [1.82, 2.24) is 33.8 Å². The lowest BCUT2D eigenvalue weighted by molar-refractivity contribution is -0.133. The monoisotopic (exact) mass is 483 g/mol. The van der Waals surface area contributed by atoms with Crippen molar-refractivity contribution in [1.29, 1.82) is 0 Å². The van der Waals surface area contributed by atoms with Crippen molar-refractivity contribution in [3.8, 4) is 10.6 Å². The number of hydrogen-bond donors (Lipinski definition) is 0. The summed E-state index contributed by atoms with van der Waals surface area (Å²) >= 11 is 1.34. The van der Waals surface area contributed by atoms with Crippen LogP contribution in [-0.2, 0) is 25.4 Å². The molecule has 0 radical (unpaired) electrons. The SMILES string of the molecule is Cn1c(=O)c2c(ncn2CC(=O)N2CCCC(c3nnc(-c4ccccc4F)s3)C2)n(C)c1=O. The molecule has 1 amide bonds. The Kier molecular flexibility index (Phi) is 5.60. The molecule has 4 heterocycles. The van der Waals surface area contributed by atoms with Crippen LogP contribution in [0.1, 0.15) is 23.8 Å². The van der Waals surface area contributed by atoms with Crippen LogP contribution in [0.3, 0.4) is 0 Å². The highest BCUT2D eigenvalue weighted by Crippen LogP contribution is 2.33. The van der Waals surface area contributed by atoms with Crippen molar-refractivity contribution < 1.29 is 9.18 Å². The van der Waals surface area contributed by atoms with E-state index in [0.717, 1.165) is 22.4 Å². The minimum Gasteiger partial charge on any atom is -0.340 e. The normalized spacial score (nSPS) is 16.3. The number of nitrogens with zero attached hydrogens (tertiary/aromatic N) is 7. The van der Waals surface area contributed by atoms with E-state index in [2.05, 4.69) is 15.2 Å². The van der Waals surface area contributed by atoms with E-state index in [-0.39, 0.29) is 35.4 Å². The van der Waals surface area contributed by atoms with Crippen LogP contribution in [0, 0.1) is 5.82 Å². The molecule has 5 rings (SSSR count). The summed E-state index contributed by atoms with van der Waals surface area (Å²) in [6, 6.07) is 6.45. The van der Waals surface area contributed by atoms with Gasteiger partial charge in [-0.1, -0.05) is 23.5 Å². The van der Waals surface area contributed by atoms with Crippen LogP contribution in [0.2, 0.25) is 0 Å². The molecule has 0 spiro atoms. The second kappa shape index (κ2) is 8.60. The number of halogens is 1. The number of aromatic nitrogens is 6. The van der Waals surface area contributed by atoms with Gasteiger partial charge in [-0.25, -0.2) is 14.2 Å². The highest BCUT2D eigenvalue weighted by Gasteiger charge is 2.28. The van der Waals surface area contributed by atoms with E-state index in [4.69, 9.17) is 0 Å². The number of carbonyl (C=O) groups excluding carboxylic acids is 1. The summed E-state index contributed by atoms with van der Waals surface area (Å²) in [5.74, 6) is -0.496. The average molecular weight is 484 g/mol. The highest BCUT2D eigenvalue weighted by atomic mass is 32.1. The summed E-state index contributed by atoms with van der Waals surface area (Å²) in [4.78, 5) is 43.8. The number of rotatable bonds is 4. The largest absolute Gasteiger partial charge is 0.340 e. The van der Waals surface area contributed by atoms with Crippen LogP contribution in [0.4, 0.5) is 4.39 Å². The Morgan fingerprint density at radius 2 is 1.97 bits per heavy atom. The number of piperidine rings is 1. The van der Waals surface area contributed by atoms with Gasteiger partial charge in [0.25, 0.3) is 5.56 Å². The zero-order valence-electron chi connectivity index (χ0n) is 18.6. The lowest BCUT2D eigenvalue weighted by Gasteiger charge is -2.31. The first kappa shape index (κ1) is 22.1. The summed E-state index contributed by atoms with van der Waals surface area (Å²) in [5, 5.41) is 9.74. The molecule has 4 aromatic rings. The fourth-order valence-corrected chi connectivity index (χ4v) is 5.31. The van der Waals surface area contributed by atoms with Crippen molar-refractivity contribution in [2.45, 2.75) is 25.3 Å². The van der Waals surface area contributed by atoms with Gasteiger partial charge in [0.05, 0.1) is 6.33 Å². The molecular weight excluding hydrogens is 461 g/mol. The first-order chi connectivity index (χ1) is 16.3. The van der Waals surface area contributed by atoms with Gasteiger partial charge in [-0.05, 0) is 25.0 Å². The van der Waals surface area contributed by atoms with E-state index >= 15 is 0 Å². The molecule has 1 unspecified atom stereocenters. The maximum atomic E-state index is 14.1. The van der Waals surface area contributed by atoms with Gasteiger partial charge >= 0.3 is 5.69 Å². The van der Waals surface area contributed by atoms with Crippen LogP contribution in [-0.4, -0.2) is 52.8 Å². The van der Waals surface area contributed by atoms with Crippen LogP contribution in [0.15, 0.2) is 40.2 Å². The topological polar surface area (TPSA) is 108 Å². The minimum atomic E-state index is -0.491. The van der Waals surface area contributed by atoms with Crippen LogP contribution < -0.4 is 11.2 Å². The van der Waals surface area contributed by atoms with Crippen molar-refractivity contribution in [2.24, 2.45) is 14.1 Å². The van der Waals surface area contributed by atoms with E-state index in [0.29, 0.717) is 23.7 Å². The molecule has 1 saturated heterocycles. The number of carbonyl (C=O) groups is 1. The predicted octanol–water partition coefficient (Wildman–Crippen LogP) is 1.50. The van der Waals surface area contributed by atoms with Crippen LogP contribution in [0.25, 0.3) is 21.7 Å². The van der Waals surface area contributed by atoms with Gasteiger partial charge < -0.3 is 9.47 Å². The molecule has 1 fully saturated rings. The summed E-state index contributed by atoms with van der Waals surface area (Å²) in [6.07, 6.45) is 3.06. The van der Waals surface area contributed by atoms with Gasteiger partial charge in [0.15, 0.2) is 16.2 Å². The van der Waals surface area contributed by atoms with Crippen LogP contribution in [0.5, 0.6) is 0 Å². The smallest absolute Gasteiger partial charge is 0.332 e. The van der Waals surface area contributed by atoms with E-state index in [1.807, 2.05) is 0 Å². The van der Waals surface area contributed by atoms with Gasteiger partial charge in [-0.2, -0.15) is 0 Å². The minimum absolute atomic E-state index is 0.00365. The van der Waals surface area contributed by atoms with E-state index < -0.39 is 11.2 Å². The highest BCUT2D eigenvalue weighted by molar-refractivity contribution is 7.14. The number of fused-ring (bicyclic) bond motifs is 1. The zero-order chi connectivity index (χ0) is 24.0. The Labute approximate surface area is 196 Å². The fraction of sp³-hybridized carbons (Fsp3) is 0.364. The first-order valence-corrected chi connectivity index (χ1v) is 11.6. The second-order valence-corrected chi connectivity index (χ2v) is 9.36. The van der Waals surface area contributed by atoms with E-state index in [1.54, 1.807) is 23.1 Å². The maximum Gasteiger partial charge on any atom is 0.332 e. The lowest BCUT2D eigenvalue weighted by Crippen LogP contribution is -2.41. The third-order valence-corrected chi connectivity index (χ3v) is 7.31. The summed E-state index contributed by atoms with van der Waals surface area (Å²) in [7, 11) is 2.94. The molecule has 1 aliphatic heterocycles. The number of imidazole rings is 1. The Hall–Kier alpha value is -3.67. The van der Waals surface area contributed by atoms with Gasteiger partial charge in [0.2, 0.25) is 5.91 Å². The molecular formula is C22H22FN7O3S. The average Bonchev–Trinajstić information content (AvgIpc) is 3.50. The Balaban J connectivity index is 1.35. The molecule has 34 heavy (non-hydrogen) atoms. The summed E-state index contributed by atoms with van der Waals surface area (Å²) in [5.41, 5.74) is -0.0933. The molecule has 1 aliphatic rings. The number of aryl methyl sites for hydroxylation is 1. The number of benzene rings is 1.